The Morgan fingerprint density at radius 3 is 2.32 bits per heavy atom. The lowest BCUT2D eigenvalue weighted by atomic mass is 9.82. The summed E-state index contributed by atoms with van der Waals surface area (Å²) in [5.74, 6) is 0.384. The fourth-order valence-electron chi connectivity index (χ4n) is 5.49. The Morgan fingerprint density at radius 1 is 1.08 bits per heavy atom. The molecule has 0 unspecified atom stereocenters. The molecule has 202 valence electrons. The van der Waals surface area contributed by atoms with Crippen LogP contribution in [-0.2, 0) is 10.2 Å². The molecule has 0 radical (unpaired) electrons. The number of thiophene rings is 1. The minimum absolute atomic E-state index is 0.0314. The van der Waals surface area contributed by atoms with Gasteiger partial charge >= 0.3 is 5.97 Å². The Hall–Kier alpha value is -2.45. The van der Waals surface area contributed by atoms with E-state index in [2.05, 4.69) is 32.7 Å². The summed E-state index contributed by atoms with van der Waals surface area (Å²) in [7, 11) is 1.95. The van der Waals surface area contributed by atoms with Crippen LogP contribution in [0, 0.1) is 11.8 Å². The average Bonchev–Trinajstić information content (AvgIpc) is 3.32. The van der Waals surface area contributed by atoms with Crippen LogP contribution in [0.2, 0.25) is 0 Å². The summed E-state index contributed by atoms with van der Waals surface area (Å²) in [4.78, 5) is 31.8. The van der Waals surface area contributed by atoms with Gasteiger partial charge in [-0.3, -0.25) is 9.78 Å². The molecule has 0 saturated heterocycles. The number of carbonyl (C=O) groups excluding carboxylic acids is 1. The molecule has 4 rings (SSSR count). The molecule has 2 saturated carbocycles. The summed E-state index contributed by atoms with van der Waals surface area (Å²) in [6, 6.07) is 5.86. The normalized spacial score (nSPS) is 24.6. The van der Waals surface area contributed by atoms with Crippen molar-refractivity contribution in [2.45, 2.75) is 96.6 Å². The number of nitrogens with zero attached hydrogens (tertiary/aromatic N) is 3. The van der Waals surface area contributed by atoms with Gasteiger partial charge in [0.05, 0.1) is 18.0 Å². The molecule has 2 aliphatic carbocycles. The SMILES string of the molecule is CC1CCC(C(=O)N(c2cc(C(C)(C)C)sc2C(=O)O)N(C)[C@H]2CC[C@@H](Oc3cccnc3)CC2)CC1. The third-order valence-electron chi connectivity index (χ3n) is 7.87. The molecule has 2 heterocycles. The summed E-state index contributed by atoms with van der Waals surface area (Å²) in [5, 5.41) is 13.9. The highest BCUT2D eigenvalue weighted by atomic mass is 32.1. The van der Waals surface area contributed by atoms with Crippen molar-refractivity contribution in [3.63, 3.8) is 0 Å². The molecule has 0 atom stereocenters. The molecule has 0 spiro atoms. The monoisotopic (exact) mass is 527 g/mol. The molecular weight excluding hydrogens is 486 g/mol. The van der Waals surface area contributed by atoms with Crippen molar-refractivity contribution in [3.05, 3.63) is 40.3 Å². The lowest BCUT2D eigenvalue weighted by molar-refractivity contribution is -0.127. The number of carboxylic acids is 1. The van der Waals surface area contributed by atoms with Crippen LogP contribution in [0.3, 0.4) is 0 Å². The highest BCUT2D eigenvalue weighted by molar-refractivity contribution is 7.14. The number of hydrogen-bond donors (Lipinski definition) is 1. The number of ether oxygens (including phenoxy) is 1. The van der Waals surface area contributed by atoms with E-state index >= 15 is 0 Å². The van der Waals surface area contributed by atoms with Crippen molar-refractivity contribution in [2.24, 2.45) is 11.8 Å². The smallest absolute Gasteiger partial charge is 0.348 e. The van der Waals surface area contributed by atoms with E-state index in [1.807, 2.05) is 30.3 Å². The van der Waals surface area contributed by atoms with Gasteiger partial charge in [-0.15, -0.1) is 11.3 Å². The molecule has 0 aliphatic heterocycles. The molecular formula is C29H41N3O4S. The first kappa shape index (κ1) is 27.6. The molecule has 37 heavy (non-hydrogen) atoms. The number of rotatable bonds is 7. The van der Waals surface area contributed by atoms with Crippen LogP contribution >= 0.6 is 11.3 Å². The maximum Gasteiger partial charge on any atom is 0.348 e. The van der Waals surface area contributed by atoms with Crippen LogP contribution in [0.25, 0.3) is 0 Å². The number of amides is 1. The second kappa shape index (κ2) is 11.5. The van der Waals surface area contributed by atoms with Crippen LogP contribution in [0.15, 0.2) is 30.6 Å². The highest BCUT2D eigenvalue weighted by Crippen LogP contribution is 2.41. The van der Waals surface area contributed by atoms with Gasteiger partial charge in [0.15, 0.2) is 0 Å². The fourth-order valence-corrected chi connectivity index (χ4v) is 6.53. The topological polar surface area (TPSA) is 83.0 Å². The number of hydrazine groups is 1. The molecule has 8 heteroatoms. The van der Waals surface area contributed by atoms with Gasteiger partial charge in [-0.1, -0.05) is 27.7 Å². The number of anilines is 1. The van der Waals surface area contributed by atoms with Crippen LogP contribution in [0.1, 0.15) is 93.6 Å². The number of pyridine rings is 1. The Labute approximate surface area is 224 Å². The van der Waals surface area contributed by atoms with Gasteiger partial charge in [0.25, 0.3) is 0 Å². The van der Waals surface area contributed by atoms with Crippen molar-refractivity contribution in [1.82, 2.24) is 9.99 Å². The average molecular weight is 528 g/mol. The van der Waals surface area contributed by atoms with Gasteiger partial charge in [0.2, 0.25) is 5.91 Å². The molecule has 2 aromatic rings. The van der Waals surface area contributed by atoms with Gasteiger partial charge in [-0.05, 0) is 80.9 Å². The number of carbonyl (C=O) groups is 2. The molecule has 2 fully saturated rings. The first-order valence-corrected chi connectivity index (χ1v) is 14.4. The minimum Gasteiger partial charge on any atom is -0.489 e. The zero-order chi connectivity index (χ0) is 26.7. The van der Waals surface area contributed by atoms with E-state index in [1.54, 1.807) is 17.4 Å². The second-order valence-corrected chi connectivity index (χ2v) is 12.8. The number of carboxylic acid groups (broad SMARTS) is 1. The third-order valence-corrected chi connectivity index (χ3v) is 9.41. The van der Waals surface area contributed by atoms with E-state index in [4.69, 9.17) is 4.74 Å². The van der Waals surface area contributed by atoms with Crippen LogP contribution in [0.5, 0.6) is 5.75 Å². The Bertz CT molecular complexity index is 1060. The molecule has 0 aromatic carbocycles. The van der Waals surface area contributed by atoms with Gasteiger partial charge in [-0.25, -0.2) is 14.8 Å². The maximum absolute atomic E-state index is 14.1. The van der Waals surface area contributed by atoms with Crippen LogP contribution in [0.4, 0.5) is 5.69 Å². The van der Waals surface area contributed by atoms with Crippen molar-refractivity contribution < 1.29 is 19.4 Å². The van der Waals surface area contributed by atoms with E-state index in [1.165, 1.54) is 11.3 Å². The molecule has 7 nitrogen and oxygen atoms in total. The van der Waals surface area contributed by atoms with Gasteiger partial charge in [-0.2, -0.15) is 0 Å². The molecule has 0 bridgehead atoms. The molecule has 1 amide bonds. The minimum atomic E-state index is -0.979. The zero-order valence-electron chi connectivity index (χ0n) is 22.8. The van der Waals surface area contributed by atoms with Crippen molar-refractivity contribution in [1.29, 1.82) is 0 Å². The molecule has 2 aliphatic rings. The highest BCUT2D eigenvalue weighted by Gasteiger charge is 2.38. The van der Waals surface area contributed by atoms with E-state index in [-0.39, 0.29) is 34.3 Å². The summed E-state index contributed by atoms with van der Waals surface area (Å²) >= 11 is 1.29. The third kappa shape index (κ3) is 6.52. The Balaban J connectivity index is 1.58. The summed E-state index contributed by atoms with van der Waals surface area (Å²) in [5.41, 5.74) is 0.310. The lowest BCUT2D eigenvalue weighted by Gasteiger charge is -2.42. The lowest BCUT2D eigenvalue weighted by Crippen LogP contribution is -2.53. The van der Waals surface area contributed by atoms with Crippen molar-refractivity contribution in [2.75, 3.05) is 12.1 Å². The van der Waals surface area contributed by atoms with Crippen LogP contribution in [-0.4, -0.2) is 46.2 Å². The van der Waals surface area contributed by atoms with E-state index < -0.39 is 5.97 Å². The number of aromatic nitrogens is 1. The summed E-state index contributed by atoms with van der Waals surface area (Å²) in [6.07, 6.45) is 10.8. The standard InChI is InChI=1S/C29H41N3O4S/c1-19-8-10-20(11-9-19)27(33)32(24-17-25(29(2,3)4)37-26(24)28(34)35)31(5)21-12-14-22(15-13-21)36-23-7-6-16-30-18-23/h6-7,16-22H,8-15H2,1-5H3,(H,34,35)/t19?,20?,21-,22+. The fraction of sp³-hybridized carbons (Fsp3) is 0.621. The predicted octanol–water partition coefficient (Wildman–Crippen LogP) is 6.54. The van der Waals surface area contributed by atoms with E-state index in [9.17, 15) is 14.7 Å². The maximum atomic E-state index is 14.1. The van der Waals surface area contributed by atoms with Crippen LogP contribution < -0.4 is 9.75 Å². The van der Waals surface area contributed by atoms with Gasteiger partial charge in [0.1, 0.15) is 10.6 Å². The summed E-state index contributed by atoms with van der Waals surface area (Å²) in [6.45, 7) is 8.48. The predicted molar refractivity (Wildman–Crippen MR) is 147 cm³/mol. The quantitative estimate of drug-likeness (QED) is 0.412. The first-order chi connectivity index (χ1) is 17.5. The Morgan fingerprint density at radius 2 is 1.76 bits per heavy atom. The van der Waals surface area contributed by atoms with E-state index in [0.717, 1.165) is 62.0 Å². The van der Waals surface area contributed by atoms with Gasteiger partial charge < -0.3 is 9.84 Å². The van der Waals surface area contributed by atoms with Crippen molar-refractivity contribution >= 4 is 28.9 Å². The van der Waals surface area contributed by atoms with E-state index in [0.29, 0.717) is 11.6 Å². The number of aromatic carboxylic acids is 1. The molecule has 2 aromatic heterocycles. The first-order valence-electron chi connectivity index (χ1n) is 13.6. The zero-order valence-corrected chi connectivity index (χ0v) is 23.6. The molecule has 1 N–H and O–H groups in total. The van der Waals surface area contributed by atoms with Gasteiger partial charge in [0, 0.05) is 30.1 Å². The Kier molecular flexibility index (Phi) is 8.59. The largest absolute Gasteiger partial charge is 0.489 e. The van der Waals surface area contributed by atoms with Crippen molar-refractivity contribution in [3.8, 4) is 5.75 Å². The summed E-state index contributed by atoms with van der Waals surface area (Å²) < 4.78 is 6.13. The number of hydrogen-bond acceptors (Lipinski definition) is 6. The second-order valence-electron chi connectivity index (χ2n) is 11.8.